The van der Waals surface area contributed by atoms with Crippen LogP contribution in [-0.4, -0.2) is 39.9 Å². The molecule has 1 aliphatic rings. The van der Waals surface area contributed by atoms with E-state index in [1.54, 1.807) is 18.3 Å². The van der Waals surface area contributed by atoms with Crippen LogP contribution in [0, 0.1) is 0 Å². The average Bonchev–Trinajstić information content (AvgIpc) is 2.29. The van der Waals surface area contributed by atoms with Crippen LogP contribution < -0.4 is 5.73 Å². The van der Waals surface area contributed by atoms with Gasteiger partial charge in [0.1, 0.15) is 5.82 Å². The van der Waals surface area contributed by atoms with Crippen molar-refractivity contribution in [3.8, 4) is 0 Å². The number of amides is 1. The fraction of sp³-hybridized carbons (Fsp3) is 0.455. The molecule has 86 valence electrons. The summed E-state index contributed by atoms with van der Waals surface area (Å²) in [4.78, 5) is 18.0. The van der Waals surface area contributed by atoms with Gasteiger partial charge in [-0.15, -0.1) is 0 Å². The molecule has 1 atom stereocenters. The second-order valence-electron chi connectivity index (χ2n) is 3.89. The summed E-state index contributed by atoms with van der Waals surface area (Å²) in [7, 11) is 0. The van der Waals surface area contributed by atoms with Crippen molar-refractivity contribution in [2.75, 3.05) is 23.8 Å². The van der Waals surface area contributed by atoms with E-state index < -0.39 is 0 Å². The van der Waals surface area contributed by atoms with Crippen LogP contribution in [0.3, 0.4) is 0 Å². The normalized spacial score (nSPS) is 20.8. The van der Waals surface area contributed by atoms with Gasteiger partial charge >= 0.3 is 0 Å². The Labute approximate surface area is 99.2 Å². The molecule has 1 fully saturated rings. The number of carbonyl (C=O) groups excluding carboxylic acids is 1. The minimum absolute atomic E-state index is 0.0573. The standard InChI is InChI=1S/C11H15N3OS/c1-8-7-16-5-4-14(8)11(15)9-2-3-13-10(12)6-9/h2-3,6,8H,4-5,7H2,1H3,(H2,12,13). The SMILES string of the molecule is CC1CSCCN1C(=O)c1ccnc(N)c1. The summed E-state index contributed by atoms with van der Waals surface area (Å²) in [6.07, 6.45) is 1.58. The first kappa shape index (κ1) is 11.3. The number of hydrogen-bond acceptors (Lipinski definition) is 4. The molecule has 0 aliphatic carbocycles. The third-order valence-corrected chi connectivity index (χ3v) is 3.85. The van der Waals surface area contributed by atoms with Crippen LogP contribution in [0.25, 0.3) is 0 Å². The Hall–Kier alpha value is -1.23. The molecule has 0 saturated carbocycles. The molecule has 1 aliphatic heterocycles. The fourth-order valence-electron chi connectivity index (χ4n) is 1.78. The molecular formula is C11H15N3OS. The van der Waals surface area contributed by atoms with Gasteiger partial charge in [-0.3, -0.25) is 4.79 Å². The summed E-state index contributed by atoms with van der Waals surface area (Å²) < 4.78 is 0. The molecular weight excluding hydrogens is 222 g/mol. The van der Waals surface area contributed by atoms with Crippen molar-refractivity contribution in [2.45, 2.75) is 13.0 Å². The lowest BCUT2D eigenvalue weighted by molar-refractivity contribution is 0.0716. The van der Waals surface area contributed by atoms with Crippen LogP contribution in [0.2, 0.25) is 0 Å². The molecule has 2 N–H and O–H groups in total. The smallest absolute Gasteiger partial charge is 0.254 e. The minimum atomic E-state index is 0.0573. The summed E-state index contributed by atoms with van der Waals surface area (Å²) in [6.45, 7) is 2.89. The third-order valence-electron chi connectivity index (χ3n) is 2.66. The largest absolute Gasteiger partial charge is 0.384 e. The molecule has 1 aromatic heterocycles. The van der Waals surface area contributed by atoms with E-state index in [4.69, 9.17) is 5.73 Å². The van der Waals surface area contributed by atoms with Crippen molar-refractivity contribution in [1.29, 1.82) is 0 Å². The van der Waals surface area contributed by atoms with E-state index >= 15 is 0 Å². The van der Waals surface area contributed by atoms with Gasteiger partial charge in [-0.25, -0.2) is 4.98 Å². The van der Waals surface area contributed by atoms with E-state index in [1.807, 2.05) is 16.7 Å². The number of pyridine rings is 1. The summed E-state index contributed by atoms with van der Waals surface area (Å²) in [5.74, 6) is 2.47. The highest BCUT2D eigenvalue weighted by molar-refractivity contribution is 7.99. The first-order valence-corrected chi connectivity index (χ1v) is 6.44. The second-order valence-corrected chi connectivity index (χ2v) is 5.04. The number of nitrogens with two attached hydrogens (primary N) is 1. The first-order chi connectivity index (χ1) is 7.68. The molecule has 5 heteroatoms. The summed E-state index contributed by atoms with van der Waals surface area (Å²) >= 11 is 1.89. The number of rotatable bonds is 1. The first-order valence-electron chi connectivity index (χ1n) is 5.28. The lowest BCUT2D eigenvalue weighted by Crippen LogP contribution is -2.44. The van der Waals surface area contributed by atoms with Crippen molar-refractivity contribution in [3.63, 3.8) is 0 Å². The van der Waals surface area contributed by atoms with Gasteiger partial charge in [-0.1, -0.05) is 0 Å². The molecule has 16 heavy (non-hydrogen) atoms. The fourth-order valence-corrected chi connectivity index (χ4v) is 2.79. The molecule has 2 rings (SSSR count). The van der Waals surface area contributed by atoms with E-state index in [2.05, 4.69) is 11.9 Å². The van der Waals surface area contributed by atoms with Gasteiger partial charge in [-0.05, 0) is 19.1 Å². The van der Waals surface area contributed by atoms with E-state index in [-0.39, 0.29) is 5.91 Å². The van der Waals surface area contributed by atoms with Gasteiger partial charge in [-0.2, -0.15) is 11.8 Å². The van der Waals surface area contributed by atoms with Crippen LogP contribution in [0.5, 0.6) is 0 Å². The van der Waals surface area contributed by atoms with Gasteiger partial charge in [0.15, 0.2) is 0 Å². The maximum Gasteiger partial charge on any atom is 0.254 e. The monoisotopic (exact) mass is 237 g/mol. The van der Waals surface area contributed by atoms with Gasteiger partial charge in [0.25, 0.3) is 5.91 Å². The topological polar surface area (TPSA) is 59.2 Å². The highest BCUT2D eigenvalue weighted by Crippen LogP contribution is 2.18. The highest BCUT2D eigenvalue weighted by atomic mass is 32.2. The molecule has 1 aromatic rings. The molecule has 1 saturated heterocycles. The molecule has 4 nitrogen and oxygen atoms in total. The van der Waals surface area contributed by atoms with Crippen LogP contribution in [0.1, 0.15) is 17.3 Å². The van der Waals surface area contributed by atoms with E-state index in [1.165, 1.54) is 0 Å². The number of nitrogen functional groups attached to an aromatic ring is 1. The number of nitrogens with zero attached hydrogens (tertiary/aromatic N) is 2. The zero-order valence-electron chi connectivity index (χ0n) is 9.22. The lowest BCUT2D eigenvalue weighted by atomic mass is 10.2. The number of carbonyl (C=O) groups is 1. The Kier molecular flexibility index (Phi) is 3.33. The Morgan fingerprint density at radius 3 is 3.19 bits per heavy atom. The van der Waals surface area contributed by atoms with Crippen molar-refractivity contribution in [3.05, 3.63) is 23.9 Å². The van der Waals surface area contributed by atoms with Crippen molar-refractivity contribution in [1.82, 2.24) is 9.88 Å². The van der Waals surface area contributed by atoms with Crippen molar-refractivity contribution < 1.29 is 4.79 Å². The number of thioether (sulfide) groups is 1. The zero-order valence-corrected chi connectivity index (χ0v) is 10.0. The van der Waals surface area contributed by atoms with Crippen molar-refractivity contribution in [2.24, 2.45) is 0 Å². The van der Waals surface area contributed by atoms with Crippen LogP contribution in [0.15, 0.2) is 18.3 Å². The molecule has 0 spiro atoms. The third kappa shape index (κ3) is 2.29. The van der Waals surface area contributed by atoms with E-state index in [0.717, 1.165) is 18.1 Å². The number of anilines is 1. The number of aromatic nitrogens is 1. The van der Waals surface area contributed by atoms with Crippen molar-refractivity contribution >= 4 is 23.5 Å². The average molecular weight is 237 g/mol. The molecule has 0 aromatic carbocycles. The van der Waals surface area contributed by atoms with Crippen LogP contribution in [-0.2, 0) is 0 Å². The van der Waals surface area contributed by atoms with Gasteiger partial charge < -0.3 is 10.6 Å². The van der Waals surface area contributed by atoms with Gasteiger partial charge in [0.2, 0.25) is 0 Å². The zero-order chi connectivity index (χ0) is 11.5. The molecule has 0 bridgehead atoms. The lowest BCUT2D eigenvalue weighted by Gasteiger charge is -2.33. The molecule has 0 radical (unpaired) electrons. The maximum absolute atomic E-state index is 12.2. The van der Waals surface area contributed by atoms with Crippen LogP contribution in [0.4, 0.5) is 5.82 Å². The quantitative estimate of drug-likeness (QED) is 0.798. The second kappa shape index (κ2) is 4.74. The molecule has 1 unspecified atom stereocenters. The summed E-state index contributed by atoms with van der Waals surface area (Å²) in [5.41, 5.74) is 6.21. The Balaban J connectivity index is 2.17. The maximum atomic E-state index is 12.2. The van der Waals surface area contributed by atoms with Crippen LogP contribution >= 0.6 is 11.8 Å². The number of hydrogen-bond donors (Lipinski definition) is 1. The molecule has 2 heterocycles. The Morgan fingerprint density at radius 1 is 1.69 bits per heavy atom. The van der Waals surface area contributed by atoms with Gasteiger partial charge in [0.05, 0.1) is 0 Å². The minimum Gasteiger partial charge on any atom is -0.384 e. The Morgan fingerprint density at radius 2 is 2.50 bits per heavy atom. The highest BCUT2D eigenvalue weighted by Gasteiger charge is 2.24. The predicted molar refractivity (Wildman–Crippen MR) is 66.5 cm³/mol. The molecule has 1 amide bonds. The predicted octanol–water partition coefficient (Wildman–Crippen LogP) is 1.24. The van der Waals surface area contributed by atoms with Gasteiger partial charge in [0, 0.05) is 35.9 Å². The van der Waals surface area contributed by atoms with E-state index in [0.29, 0.717) is 17.4 Å². The summed E-state index contributed by atoms with van der Waals surface area (Å²) in [5, 5.41) is 0. The Bertz CT molecular complexity index is 397. The summed E-state index contributed by atoms with van der Waals surface area (Å²) in [6, 6.07) is 3.64. The van der Waals surface area contributed by atoms with E-state index in [9.17, 15) is 4.79 Å².